The van der Waals surface area contributed by atoms with Gasteiger partial charge in [-0.2, -0.15) is 0 Å². The van der Waals surface area contributed by atoms with Crippen LogP contribution in [0, 0.1) is 5.92 Å². The Morgan fingerprint density at radius 2 is 1.50 bits per heavy atom. The highest BCUT2D eigenvalue weighted by atomic mass is 32.1. The van der Waals surface area contributed by atoms with Crippen LogP contribution in [0.2, 0.25) is 0 Å². The molecular weight excluding hydrogens is 414 g/mol. The van der Waals surface area contributed by atoms with Gasteiger partial charge in [0.2, 0.25) is 0 Å². The average Bonchev–Trinajstić information content (AvgIpc) is 2.85. The number of nitrogens with zero attached hydrogens (tertiary/aromatic N) is 1. The maximum atomic E-state index is 6.04. The molecular formula is C28H31NO2S. The number of ether oxygens (including phenoxy) is 2. The van der Waals surface area contributed by atoms with Crippen molar-refractivity contribution in [2.24, 2.45) is 5.92 Å². The van der Waals surface area contributed by atoms with Gasteiger partial charge in [-0.05, 0) is 61.4 Å². The summed E-state index contributed by atoms with van der Waals surface area (Å²) >= 11 is 5.87. The fourth-order valence-corrected chi connectivity index (χ4v) is 4.54. The first-order valence-electron chi connectivity index (χ1n) is 11.5. The van der Waals surface area contributed by atoms with Gasteiger partial charge in [-0.25, -0.2) is 0 Å². The summed E-state index contributed by atoms with van der Waals surface area (Å²) in [5, 5.41) is 0. The van der Waals surface area contributed by atoms with Crippen LogP contribution < -0.4 is 9.47 Å². The fourth-order valence-electron chi connectivity index (χ4n) is 4.23. The molecule has 1 saturated heterocycles. The van der Waals surface area contributed by atoms with Gasteiger partial charge in [-0.3, -0.25) is 0 Å². The van der Waals surface area contributed by atoms with Gasteiger partial charge < -0.3 is 14.4 Å². The molecule has 0 bridgehead atoms. The molecule has 3 aromatic rings. The van der Waals surface area contributed by atoms with E-state index in [-0.39, 0.29) is 0 Å². The summed E-state index contributed by atoms with van der Waals surface area (Å²) in [7, 11) is 0. The van der Waals surface area contributed by atoms with Crippen molar-refractivity contribution in [3.05, 3.63) is 95.6 Å². The zero-order chi connectivity index (χ0) is 22.2. The van der Waals surface area contributed by atoms with Crippen LogP contribution in [-0.4, -0.2) is 29.6 Å². The molecule has 0 amide bonds. The Kier molecular flexibility index (Phi) is 7.78. The SMILES string of the molecule is CCOc1cc(C(=S)N2CCC(Cc3ccccc3)CC2)ccc1OCc1ccccc1. The Labute approximate surface area is 197 Å². The van der Waals surface area contributed by atoms with Crippen LogP contribution in [0.5, 0.6) is 11.5 Å². The lowest BCUT2D eigenvalue weighted by Crippen LogP contribution is -2.38. The van der Waals surface area contributed by atoms with Crippen LogP contribution in [-0.2, 0) is 13.0 Å². The van der Waals surface area contributed by atoms with Crippen LogP contribution in [0.4, 0.5) is 0 Å². The van der Waals surface area contributed by atoms with Gasteiger partial charge in [0, 0.05) is 18.7 Å². The lowest BCUT2D eigenvalue weighted by molar-refractivity contribution is 0.266. The van der Waals surface area contributed by atoms with Gasteiger partial charge in [0.05, 0.1) is 6.61 Å². The van der Waals surface area contributed by atoms with Gasteiger partial charge in [0.15, 0.2) is 11.5 Å². The summed E-state index contributed by atoms with van der Waals surface area (Å²) in [5.41, 5.74) is 3.59. The first kappa shape index (κ1) is 22.3. The van der Waals surface area contributed by atoms with Crippen molar-refractivity contribution in [2.45, 2.75) is 32.8 Å². The van der Waals surface area contributed by atoms with E-state index in [0.29, 0.717) is 13.2 Å². The van der Waals surface area contributed by atoms with Crippen LogP contribution >= 0.6 is 12.2 Å². The molecule has 1 fully saturated rings. The smallest absolute Gasteiger partial charge is 0.161 e. The van der Waals surface area contributed by atoms with E-state index >= 15 is 0 Å². The third-order valence-electron chi connectivity index (χ3n) is 6.00. The summed E-state index contributed by atoms with van der Waals surface area (Å²) in [4.78, 5) is 3.24. The van der Waals surface area contributed by atoms with Crippen LogP contribution in [0.25, 0.3) is 0 Å². The normalized spacial score (nSPS) is 14.2. The summed E-state index contributed by atoms with van der Waals surface area (Å²) in [6.45, 7) is 5.10. The molecule has 0 atom stereocenters. The van der Waals surface area contributed by atoms with Gasteiger partial charge in [0.25, 0.3) is 0 Å². The van der Waals surface area contributed by atoms with Crippen molar-refractivity contribution in [2.75, 3.05) is 19.7 Å². The lowest BCUT2D eigenvalue weighted by atomic mass is 9.90. The largest absolute Gasteiger partial charge is 0.490 e. The third-order valence-corrected chi connectivity index (χ3v) is 6.49. The maximum absolute atomic E-state index is 6.04. The van der Waals surface area contributed by atoms with Crippen molar-refractivity contribution in [3.63, 3.8) is 0 Å². The Balaban J connectivity index is 1.37. The average molecular weight is 446 g/mol. The number of likely N-dealkylation sites (tertiary alicyclic amines) is 1. The van der Waals surface area contributed by atoms with Crippen molar-refractivity contribution in [1.29, 1.82) is 0 Å². The van der Waals surface area contributed by atoms with Gasteiger partial charge in [-0.1, -0.05) is 72.9 Å². The van der Waals surface area contributed by atoms with Crippen molar-refractivity contribution >= 4 is 17.2 Å². The molecule has 1 aliphatic rings. The standard InChI is InChI=1S/C28H31NO2S/c1-2-30-27-20-25(13-14-26(27)31-21-24-11-7-4-8-12-24)28(32)29-17-15-23(16-18-29)19-22-9-5-3-6-10-22/h3-14,20,23H,2,15-19,21H2,1H3. The van der Waals surface area contributed by atoms with Crippen LogP contribution in [0.1, 0.15) is 36.5 Å². The summed E-state index contributed by atoms with van der Waals surface area (Å²) in [6.07, 6.45) is 3.50. The second kappa shape index (κ2) is 11.1. The highest BCUT2D eigenvalue weighted by Gasteiger charge is 2.22. The molecule has 0 N–H and O–H groups in total. The molecule has 0 unspecified atom stereocenters. The third kappa shape index (κ3) is 5.89. The number of hydrogen-bond acceptors (Lipinski definition) is 3. The van der Waals surface area contributed by atoms with E-state index in [9.17, 15) is 0 Å². The zero-order valence-electron chi connectivity index (χ0n) is 18.7. The molecule has 0 saturated carbocycles. The minimum atomic E-state index is 0.514. The van der Waals surface area contributed by atoms with E-state index in [1.807, 2.05) is 37.3 Å². The monoisotopic (exact) mass is 445 g/mol. The minimum absolute atomic E-state index is 0.514. The van der Waals surface area contributed by atoms with Gasteiger partial charge >= 0.3 is 0 Å². The van der Waals surface area contributed by atoms with E-state index in [0.717, 1.165) is 53.0 Å². The Morgan fingerprint density at radius 3 is 2.16 bits per heavy atom. The number of thiocarbonyl (C=S) groups is 1. The Hall–Kier alpha value is -2.85. The number of piperidine rings is 1. The molecule has 32 heavy (non-hydrogen) atoms. The second-order valence-electron chi connectivity index (χ2n) is 8.29. The maximum Gasteiger partial charge on any atom is 0.161 e. The summed E-state index contributed by atoms with van der Waals surface area (Å²) in [5.74, 6) is 2.23. The van der Waals surface area contributed by atoms with E-state index in [4.69, 9.17) is 21.7 Å². The van der Waals surface area contributed by atoms with Crippen LogP contribution in [0.15, 0.2) is 78.9 Å². The van der Waals surface area contributed by atoms with E-state index in [2.05, 4.69) is 53.4 Å². The van der Waals surface area contributed by atoms with E-state index < -0.39 is 0 Å². The Morgan fingerprint density at radius 1 is 0.844 bits per heavy atom. The number of hydrogen-bond donors (Lipinski definition) is 0. The topological polar surface area (TPSA) is 21.7 Å². The predicted molar refractivity (Wildman–Crippen MR) is 135 cm³/mol. The van der Waals surface area contributed by atoms with Crippen molar-refractivity contribution in [3.8, 4) is 11.5 Å². The second-order valence-corrected chi connectivity index (χ2v) is 8.68. The minimum Gasteiger partial charge on any atom is -0.490 e. The molecule has 166 valence electrons. The summed E-state index contributed by atoms with van der Waals surface area (Å²) < 4.78 is 11.9. The van der Waals surface area contributed by atoms with Crippen molar-refractivity contribution < 1.29 is 9.47 Å². The van der Waals surface area contributed by atoms with Gasteiger partial charge in [0.1, 0.15) is 11.6 Å². The highest BCUT2D eigenvalue weighted by molar-refractivity contribution is 7.80. The molecule has 4 heteroatoms. The van der Waals surface area contributed by atoms with Crippen LogP contribution in [0.3, 0.4) is 0 Å². The molecule has 1 aliphatic heterocycles. The molecule has 4 rings (SSSR count). The number of benzene rings is 3. The van der Waals surface area contributed by atoms with E-state index in [1.54, 1.807) is 0 Å². The first-order valence-corrected chi connectivity index (χ1v) is 11.9. The zero-order valence-corrected chi connectivity index (χ0v) is 19.5. The Bertz CT molecular complexity index is 998. The molecule has 0 aliphatic carbocycles. The predicted octanol–water partition coefficient (Wildman–Crippen LogP) is 6.29. The quantitative estimate of drug-likeness (QED) is 0.380. The lowest BCUT2D eigenvalue weighted by Gasteiger charge is -2.34. The first-order chi connectivity index (χ1) is 15.7. The van der Waals surface area contributed by atoms with Crippen molar-refractivity contribution in [1.82, 2.24) is 4.90 Å². The molecule has 3 aromatic carbocycles. The fraction of sp³-hybridized carbons (Fsp3) is 0.321. The molecule has 0 aromatic heterocycles. The molecule has 0 radical (unpaired) electrons. The molecule has 0 spiro atoms. The van der Waals surface area contributed by atoms with Gasteiger partial charge in [-0.15, -0.1) is 0 Å². The number of rotatable bonds is 8. The molecule has 3 nitrogen and oxygen atoms in total. The summed E-state index contributed by atoms with van der Waals surface area (Å²) in [6, 6.07) is 27.0. The molecule has 1 heterocycles. The van der Waals surface area contributed by atoms with E-state index in [1.165, 1.54) is 18.4 Å². The highest BCUT2D eigenvalue weighted by Crippen LogP contribution is 2.31.